The molecular weight excluding hydrogens is 172 g/mol. The van der Waals surface area contributed by atoms with Crippen LogP contribution in [0.25, 0.3) is 11.3 Å². The molecule has 0 fully saturated rings. The van der Waals surface area contributed by atoms with Gasteiger partial charge in [0.2, 0.25) is 0 Å². The summed E-state index contributed by atoms with van der Waals surface area (Å²) in [5.74, 6) is 0. The number of rotatable bonds is 0. The molecule has 2 N–H and O–H groups in total. The Morgan fingerprint density at radius 3 is 3.00 bits per heavy atom. The summed E-state index contributed by atoms with van der Waals surface area (Å²) >= 11 is 0. The van der Waals surface area contributed by atoms with Crippen molar-refractivity contribution in [1.82, 2.24) is 4.98 Å². The maximum atomic E-state index is 5.76. The molecule has 0 unspecified atom stereocenters. The van der Waals surface area contributed by atoms with E-state index in [0.29, 0.717) is 0 Å². The molecule has 3 rings (SSSR count). The Bertz CT molecular complexity index is 503. The van der Waals surface area contributed by atoms with Crippen LogP contribution in [-0.4, -0.2) is 4.98 Å². The highest BCUT2D eigenvalue weighted by Crippen LogP contribution is 2.35. The SMILES string of the molecule is Nc1ccc2c(c1)-c1ncccc1C2. The summed E-state index contributed by atoms with van der Waals surface area (Å²) in [6.07, 6.45) is 2.82. The van der Waals surface area contributed by atoms with E-state index in [1.807, 2.05) is 24.4 Å². The van der Waals surface area contributed by atoms with Gasteiger partial charge < -0.3 is 5.73 Å². The van der Waals surface area contributed by atoms with Crippen LogP contribution in [0.5, 0.6) is 0 Å². The van der Waals surface area contributed by atoms with Crippen LogP contribution >= 0.6 is 0 Å². The van der Waals surface area contributed by atoms with Crippen molar-refractivity contribution in [3.8, 4) is 11.3 Å². The van der Waals surface area contributed by atoms with Crippen LogP contribution in [0.3, 0.4) is 0 Å². The van der Waals surface area contributed by atoms with Gasteiger partial charge in [0.05, 0.1) is 5.69 Å². The predicted molar refractivity (Wildman–Crippen MR) is 56.9 cm³/mol. The lowest BCUT2D eigenvalue weighted by molar-refractivity contribution is 1.23. The first-order valence-electron chi connectivity index (χ1n) is 4.67. The molecule has 0 radical (unpaired) electrons. The van der Waals surface area contributed by atoms with E-state index in [4.69, 9.17) is 5.73 Å². The first kappa shape index (κ1) is 7.56. The first-order chi connectivity index (χ1) is 6.84. The predicted octanol–water partition coefficient (Wildman–Crippen LogP) is 2.24. The largest absolute Gasteiger partial charge is 0.399 e. The summed E-state index contributed by atoms with van der Waals surface area (Å²) in [7, 11) is 0. The van der Waals surface area contributed by atoms with Crippen LogP contribution in [-0.2, 0) is 6.42 Å². The van der Waals surface area contributed by atoms with Crippen LogP contribution in [0.4, 0.5) is 5.69 Å². The number of anilines is 1. The van der Waals surface area contributed by atoms with Gasteiger partial charge in [-0.2, -0.15) is 0 Å². The van der Waals surface area contributed by atoms with E-state index in [9.17, 15) is 0 Å². The highest BCUT2D eigenvalue weighted by Gasteiger charge is 2.18. The Balaban J connectivity index is 2.30. The highest BCUT2D eigenvalue weighted by molar-refractivity contribution is 5.75. The Hall–Kier alpha value is -1.83. The number of nitrogens with zero attached hydrogens (tertiary/aromatic N) is 1. The molecule has 2 nitrogen and oxygen atoms in total. The van der Waals surface area contributed by atoms with E-state index in [0.717, 1.165) is 17.8 Å². The van der Waals surface area contributed by atoms with Gasteiger partial charge in [-0.25, -0.2) is 0 Å². The lowest BCUT2D eigenvalue weighted by Crippen LogP contribution is -1.86. The molecule has 1 heterocycles. The summed E-state index contributed by atoms with van der Waals surface area (Å²) < 4.78 is 0. The number of nitrogen functional groups attached to an aromatic ring is 1. The molecule has 0 amide bonds. The fourth-order valence-corrected chi connectivity index (χ4v) is 2.00. The highest BCUT2D eigenvalue weighted by atomic mass is 14.7. The molecule has 2 heteroatoms. The molecular formula is C12H10N2. The molecule has 0 saturated heterocycles. The summed E-state index contributed by atoms with van der Waals surface area (Å²) in [5.41, 5.74) is 11.5. The normalized spacial score (nSPS) is 12.3. The van der Waals surface area contributed by atoms with Gasteiger partial charge in [-0.05, 0) is 29.3 Å². The van der Waals surface area contributed by atoms with Crippen molar-refractivity contribution in [2.75, 3.05) is 5.73 Å². The number of nitrogens with two attached hydrogens (primary N) is 1. The molecule has 1 aromatic carbocycles. The zero-order valence-electron chi connectivity index (χ0n) is 7.70. The minimum Gasteiger partial charge on any atom is -0.399 e. The van der Waals surface area contributed by atoms with E-state index in [1.54, 1.807) is 0 Å². The van der Waals surface area contributed by atoms with Crippen molar-refractivity contribution < 1.29 is 0 Å². The van der Waals surface area contributed by atoms with Crippen molar-refractivity contribution in [1.29, 1.82) is 0 Å². The Morgan fingerprint density at radius 1 is 1.14 bits per heavy atom. The molecule has 0 spiro atoms. The summed E-state index contributed by atoms with van der Waals surface area (Å²) in [5, 5.41) is 0. The Kier molecular flexibility index (Phi) is 1.39. The molecule has 1 aliphatic carbocycles. The minimum atomic E-state index is 0.808. The average molecular weight is 182 g/mol. The smallest absolute Gasteiger partial charge is 0.0740 e. The first-order valence-corrected chi connectivity index (χ1v) is 4.67. The third-order valence-electron chi connectivity index (χ3n) is 2.66. The topological polar surface area (TPSA) is 38.9 Å². The van der Waals surface area contributed by atoms with Crippen LogP contribution in [0.1, 0.15) is 11.1 Å². The van der Waals surface area contributed by atoms with Gasteiger partial charge in [0.1, 0.15) is 0 Å². The van der Waals surface area contributed by atoms with Gasteiger partial charge in [-0.15, -0.1) is 0 Å². The van der Waals surface area contributed by atoms with Crippen molar-refractivity contribution >= 4 is 5.69 Å². The standard InChI is InChI=1S/C12H10N2/c13-10-4-3-8-6-9-2-1-5-14-12(9)11(8)7-10/h1-5,7H,6,13H2. The molecule has 0 saturated carbocycles. The monoisotopic (exact) mass is 182 g/mol. The fourth-order valence-electron chi connectivity index (χ4n) is 2.00. The maximum Gasteiger partial charge on any atom is 0.0740 e. The van der Waals surface area contributed by atoms with Gasteiger partial charge in [-0.3, -0.25) is 4.98 Å². The quantitative estimate of drug-likeness (QED) is 0.541. The zero-order chi connectivity index (χ0) is 9.54. The van der Waals surface area contributed by atoms with Gasteiger partial charge in [0.15, 0.2) is 0 Å². The second-order valence-electron chi connectivity index (χ2n) is 3.60. The van der Waals surface area contributed by atoms with Crippen LogP contribution < -0.4 is 5.73 Å². The van der Waals surface area contributed by atoms with Crippen molar-refractivity contribution in [2.45, 2.75) is 6.42 Å². The van der Waals surface area contributed by atoms with E-state index < -0.39 is 0 Å². The summed E-state index contributed by atoms with van der Waals surface area (Å²) in [6.45, 7) is 0. The third kappa shape index (κ3) is 0.940. The van der Waals surface area contributed by atoms with Gasteiger partial charge in [0.25, 0.3) is 0 Å². The number of pyridine rings is 1. The molecule has 0 aliphatic heterocycles. The van der Waals surface area contributed by atoms with Crippen LogP contribution in [0.2, 0.25) is 0 Å². The van der Waals surface area contributed by atoms with E-state index in [1.165, 1.54) is 16.7 Å². The van der Waals surface area contributed by atoms with E-state index in [2.05, 4.69) is 17.1 Å². The summed E-state index contributed by atoms with van der Waals surface area (Å²) in [4.78, 5) is 4.39. The molecule has 14 heavy (non-hydrogen) atoms. The Morgan fingerprint density at radius 2 is 2.07 bits per heavy atom. The van der Waals surface area contributed by atoms with Gasteiger partial charge in [0, 0.05) is 23.9 Å². The minimum absolute atomic E-state index is 0.808. The summed E-state index contributed by atoms with van der Waals surface area (Å²) in [6, 6.07) is 10.2. The van der Waals surface area contributed by atoms with Crippen LogP contribution in [0, 0.1) is 0 Å². The number of benzene rings is 1. The second kappa shape index (κ2) is 2.58. The number of hydrogen-bond acceptors (Lipinski definition) is 2. The number of hydrogen-bond donors (Lipinski definition) is 1. The Labute approximate surface area is 82.4 Å². The van der Waals surface area contributed by atoms with Gasteiger partial charge in [-0.1, -0.05) is 12.1 Å². The number of fused-ring (bicyclic) bond motifs is 3. The van der Waals surface area contributed by atoms with Gasteiger partial charge >= 0.3 is 0 Å². The van der Waals surface area contributed by atoms with Crippen molar-refractivity contribution in [3.63, 3.8) is 0 Å². The second-order valence-corrected chi connectivity index (χ2v) is 3.60. The lowest BCUT2D eigenvalue weighted by atomic mass is 10.1. The molecule has 0 atom stereocenters. The number of aromatic nitrogens is 1. The molecule has 1 aromatic heterocycles. The lowest BCUT2D eigenvalue weighted by Gasteiger charge is -2.00. The molecule has 2 aromatic rings. The fraction of sp³-hybridized carbons (Fsp3) is 0.0833. The molecule has 1 aliphatic rings. The molecule has 68 valence electrons. The molecule has 0 bridgehead atoms. The van der Waals surface area contributed by atoms with Crippen LogP contribution in [0.15, 0.2) is 36.5 Å². The van der Waals surface area contributed by atoms with E-state index in [-0.39, 0.29) is 0 Å². The zero-order valence-corrected chi connectivity index (χ0v) is 7.70. The average Bonchev–Trinajstić information content (AvgIpc) is 2.56. The third-order valence-corrected chi connectivity index (χ3v) is 2.66. The van der Waals surface area contributed by atoms with Crippen molar-refractivity contribution in [3.05, 3.63) is 47.7 Å². The maximum absolute atomic E-state index is 5.76. The van der Waals surface area contributed by atoms with E-state index >= 15 is 0 Å². The van der Waals surface area contributed by atoms with Crippen molar-refractivity contribution in [2.24, 2.45) is 0 Å².